The van der Waals surface area contributed by atoms with Gasteiger partial charge in [-0.3, -0.25) is 14.9 Å². The van der Waals surface area contributed by atoms with Crippen molar-refractivity contribution in [3.8, 4) is 0 Å². The average Bonchev–Trinajstić information content (AvgIpc) is 2.34. The average molecular weight is 250 g/mol. The summed E-state index contributed by atoms with van der Waals surface area (Å²) in [5.41, 5.74) is 0.369. The fourth-order valence-corrected chi connectivity index (χ4v) is 1.58. The van der Waals surface area contributed by atoms with Gasteiger partial charge >= 0.3 is 5.97 Å². The second-order valence-electron chi connectivity index (χ2n) is 3.62. The Morgan fingerprint density at radius 2 is 2.17 bits per heavy atom. The number of aliphatic carboxylic acids is 1. The fraction of sp³-hybridized carbons (Fsp3) is 0.250. The van der Waals surface area contributed by atoms with Crippen LogP contribution in [0.1, 0.15) is 6.42 Å². The van der Waals surface area contributed by atoms with Crippen LogP contribution in [0, 0.1) is 10.1 Å². The van der Waals surface area contributed by atoms with Crippen LogP contribution in [0.3, 0.4) is 0 Å². The van der Waals surface area contributed by atoms with Crippen molar-refractivity contribution >= 4 is 17.3 Å². The molecular weight excluding hydrogens is 236 g/mol. The molecule has 6 nitrogen and oxygen atoms in total. The minimum atomic E-state index is -0.942. The second kappa shape index (κ2) is 6.39. The third-order valence-corrected chi connectivity index (χ3v) is 2.36. The van der Waals surface area contributed by atoms with Crippen molar-refractivity contribution in [1.82, 2.24) is 0 Å². The van der Waals surface area contributed by atoms with Gasteiger partial charge in [-0.15, -0.1) is 6.58 Å². The predicted octanol–water partition coefficient (Wildman–Crippen LogP) is 2.06. The van der Waals surface area contributed by atoms with E-state index in [4.69, 9.17) is 5.11 Å². The van der Waals surface area contributed by atoms with Crippen molar-refractivity contribution in [1.29, 1.82) is 0 Å². The summed E-state index contributed by atoms with van der Waals surface area (Å²) in [6.07, 6.45) is 1.50. The molecule has 0 heterocycles. The third-order valence-electron chi connectivity index (χ3n) is 2.36. The molecule has 0 saturated carbocycles. The Hall–Kier alpha value is -2.37. The Kier molecular flexibility index (Phi) is 4.86. The van der Waals surface area contributed by atoms with E-state index >= 15 is 0 Å². The second-order valence-corrected chi connectivity index (χ2v) is 3.62. The van der Waals surface area contributed by atoms with Gasteiger partial charge in [-0.05, 0) is 6.07 Å². The molecule has 96 valence electrons. The molecule has 0 atom stereocenters. The fourth-order valence-electron chi connectivity index (χ4n) is 1.58. The summed E-state index contributed by atoms with van der Waals surface area (Å²) < 4.78 is 0. The van der Waals surface area contributed by atoms with Crippen LogP contribution in [-0.2, 0) is 4.79 Å². The van der Waals surface area contributed by atoms with Gasteiger partial charge in [-0.25, -0.2) is 0 Å². The number of carbonyl (C=O) groups is 1. The molecule has 0 aliphatic heterocycles. The first-order chi connectivity index (χ1) is 8.56. The highest BCUT2D eigenvalue weighted by atomic mass is 16.6. The number of carboxylic acids is 1. The van der Waals surface area contributed by atoms with Gasteiger partial charge in [0.2, 0.25) is 0 Å². The molecule has 18 heavy (non-hydrogen) atoms. The number of hydrogen-bond donors (Lipinski definition) is 1. The van der Waals surface area contributed by atoms with Gasteiger partial charge in [-0.1, -0.05) is 18.2 Å². The molecule has 1 rings (SSSR count). The monoisotopic (exact) mass is 250 g/mol. The van der Waals surface area contributed by atoms with E-state index in [0.29, 0.717) is 12.2 Å². The lowest BCUT2D eigenvalue weighted by atomic mass is 10.2. The summed E-state index contributed by atoms with van der Waals surface area (Å²) in [5, 5.41) is 19.6. The molecule has 0 spiro atoms. The first-order valence-corrected chi connectivity index (χ1v) is 5.37. The molecule has 0 fully saturated rings. The molecular formula is C12H14N2O4. The van der Waals surface area contributed by atoms with Crippen LogP contribution in [0.2, 0.25) is 0 Å². The zero-order valence-corrected chi connectivity index (χ0v) is 9.78. The van der Waals surface area contributed by atoms with Crippen LogP contribution in [-0.4, -0.2) is 29.1 Å². The maximum absolute atomic E-state index is 10.9. The zero-order chi connectivity index (χ0) is 13.5. The molecule has 1 aromatic rings. The van der Waals surface area contributed by atoms with Crippen molar-refractivity contribution in [3.05, 3.63) is 47.0 Å². The van der Waals surface area contributed by atoms with Crippen LogP contribution in [0.15, 0.2) is 36.9 Å². The summed E-state index contributed by atoms with van der Waals surface area (Å²) >= 11 is 0. The van der Waals surface area contributed by atoms with Gasteiger partial charge in [0.15, 0.2) is 0 Å². The molecule has 0 amide bonds. The van der Waals surface area contributed by atoms with Crippen molar-refractivity contribution in [2.24, 2.45) is 0 Å². The van der Waals surface area contributed by atoms with E-state index in [0.717, 1.165) is 0 Å². The number of carboxylic acid groups (broad SMARTS) is 1. The molecule has 0 saturated heterocycles. The molecule has 0 aliphatic rings. The Labute approximate surface area is 104 Å². The molecule has 0 aromatic heterocycles. The van der Waals surface area contributed by atoms with E-state index < -0.39 is 10.9 Å². The van der Waals surface area contributed by atoms with Crippen LogP contribution in [0.4, 0.5) is 11.4 Å². The molecule has 0 radical (unpaired) electrons. The number of para-hydroxylation sites is 2. The zero-order valence-electron chi connectivity index (χ0n) is 9.78. The van der Waals surface area contributed by atoms with E-state index in [1.54, 1.807) is 29.2 Å². The van der Waals surface area contributed by atoms with Crippen LogP contribution in [0.25, 0.3) is 0 Å². The summed E-state index contributed by atoms with van der Waals surface area (Å²) in [6.45, 7) is 4.13. The normalized spacial score (nSPS) is 9.78. The molecule has 0 aliphatic carbocycles. The number of nitrogens with zero attached hydrogens (tertiary/aromatic N) is 2. The van der Waals surface area contributed by atoms with Gasteiger partial charge < -0.3 is 10.0 Å². The van der Waals surface area contributed by atoms with Gasteiger partial charge in [0.1, 0.15) is 5.69 Å². The summed E-state index contributed by atoms with van der Waals surface area (Å²) in [5.74, 6) is -0.942. The van der Waals surface area contributed by atoms with Gasteiger partial charge in [0.05, 0.1) is 11.3 Å². The number of nitro benzene ring substituents is 1. The maximum atomic E-state index is 10.9. The van der Waals surface area contributed by atoms with Crippen LogP contribution in [0.5, 0.6) is 0 Å². The summed E-state index contributed by atoms with van der Waals surface area (Å²) in [4.78, 5) is 22.6. The number of hydrogen-bond acceptors (Lipinski definition) is 4. The SMILES string of the molecule is C=CCN(CCC(=O)O)c1ccccc1[N+](=O)[O-]. The Balaban J connectivity index is 3.00. The van der Waals surface area contributed by atoms with Gasteiger partial charge in [0, 0.05) is 19.2 Å². The first kappa shape index (κ1) is 13.7. The van der Waals surface area contributed by atoms with E-state index in [1.807, 2.05) is 0 Å². The maximum Gasteiger partial charge on any atom is 0.305 e. The van der Waals surface area contributed by atoms with Crippen molar-refractivity contribution in [2.75, 3.05) is 18.0 Å². The van der Waals surface area contributed by atoms with Crippen molar-refractivity contribution in [3.63, 3.8) is 0 Å². The highest BCUT2D eigenvalue weighted by molar-refractivity contribution is 5.69. The molecule has 6 heteroatoms. The molecule has 0 bridgehead atoms. The predicted molar refractivity (Wildman–Crippen MR) is 67.8 cm³/mol. The number of rotatable bonds is 7. The first-order valence-electron chi connectivity index (χ1n) is 5.37. The summed E-state index contributed by atoms with van der Waals surface area (Å²) in [6, 6.07) is 6.25. The van der Waals surface area contributed by atoms with E-state index in [-0.39, 0.29) is 18.7 Å². The van der Waals surface area contributed by atoms with Gasteiger partial charge in [0.25, 0.3) is 5.69 Å². The number of benzene rings is 1. The Morgan fingerprint density at radius 3 is 2.72 bits per heavy atom. The Morgan fingerprint density at radius 1 is 1.50 bits per heavy atom. The third kappa shape index (κ3) is 3.58. The lowest BCUT2D eigenvalue weighted by Crippen LogP contribution is -2.26. The van der Waals surface area contributed by atoms with Crippen molar-refractivity contribution in [2.45, 2.75) is 6.42 Å². The van der Waals surface area contributed by atoms with E-state index in [2.05, 4.69) is 6.58 Å². The molecule has 0 unspecified atom stereocenters. The minimum Gasteiger partial charge on any atom is -0.481 e. The number of nitro groups is 1. The summed E-state index contributed by atoms with van der Waals surface area (Å²) in [7, 11) is 0. The van der Waals surface area contributed by atoms with E-state index in [9.17, 15) is 14.9 Å². The highest BCUT2D eigenvalue weighted by Crippen LogP contribution is 2.27. The largest absolute Gasteiger partial charge is 0.481 e. The van der Waals surface area contributed by atoms with E-state index in [1.165, 1.54) is 6.07 Å². The Bertz CT molecular complexity index is 459. The standard InChI is InChI=1S/C12H14N2O4/c1-2-8-13(9-7-12(15)16)10-5-3-4-6-11(10)14(17)18/h2-6H,1,7-9H2,(H,15,16). The molecule has 1 aromatic carbocycles. The topological polar surface area (TPSA) is 83.7 Å². The van der Waals surface area contributed by atoms with Crippen LogP contribution < -0.4 is 4.90 Å². The lowest BCUT2D eigenvalue weighted by molar-refractivity contribution is -0.384. The lowest BCUT2D eigenvalue weighted by Gasteiger charge is -2.22. The van der Waals surface area contributed by atoms with Crippen LogP contribution >= 0.6 is 0 Å². The van der Waals surface area contributed by atoms with Gasteiger partial charge in [-0.2, -0.15) is 0 Å². The quantitative estimate of drug-likeness (QED) is 0.455. The highest BCUT2D eigenvalue weighted by Gasteiger charge is 2.18. The minimum absolute atomic E-state index is 0.0373. The smallest absolute Gasteiger partial charge is 0.305 e. The molecule has 1 N–H and O–H groups in total. The number of anilines is 1. The van der Waals surface area contributed by atoms with Crippen molar-refractivity contribution < 1.29 is 14.8 Å².